The summed E-state index contributed by atoms with van der Waals surface area (Å²) in [7, 11) is 0. The molecule has 2 heterocycles. The van der Waals surface area contributed by atoms with Crippen LogP contribution in [0.3, 0.4) is 0 Å². The van der Waals surface area contributed by atoms with E-state index in [1.165, 1.54) is 6.40 Å². The van der Waals surface area contributed by atoms with Gasteiger partial charge in [-0.25, -0.2) is 9.79 Å². The molecular weight excluding hydrogens is 478 g/mol. The summed E-state index contributed by atoms with van der Waals surface area (Å²) in [5, 5.41) is 0.577. The second-order valence-electron chi connectivity index (χ2n) is 7.98. The molecule has 3 atom stereocenters. The number of esters is 1. The van der Waals surface area contributed by atoms with Gasteiger partial charge in [0.2, 0.25) is 11.1 Å². The molecule has 0 unspecified atom stereocenters. The van der Waals surface area contributed by atoms with E-state index in [-0.39, 0.29) is 18.8 Å². The Morgan fingerprint density at radius 3 is 2.52 bits per heavy atom. The van der Waals surface area contributed by atoms with Crippen LogP contribution in [-0.2, 0) is 24.7 Å². The molecule has 0 aromatic heterocycles. The van der Waals surface area contributed by atoms with Gasteiger partial charge in [-0.1, -0.05) is 54.1 Å². The Morgan fingerprint density at radius 1 is 1.15 bits per heavy atom. The molecule has 33 heavy (non-hydrogen) atoms. The zero-order valence-electron chi connectivity index (χ0n) is 18.0. The Hall–Kier alpha value is -2.22. The van der Waals surface area contributed by atoms with Crippen LogP contribution in [0.5, 0.6) is 0 Å². The van der Waals surface area contributed by atoms with Crippen LogP contribution >= 0.6 is 35.1 Å². The standard InChI is InChI=1S/C25H22ClNO4S2/c1-2-30-23(29)24-19(16-8-10-18(26)11-9-16)14-20(28)21(22-32-12-13-33-22)25(24,31-15-27-24)17-6-4-3-5-7-17/h3-11,15,19H,2,12-14H2,1H3/t19-,24-,25-/m1/s1. The van der Waals surface area contributed by atoms with Gasteiger partial charge in [-0.15, -0.1) is 23.5 Å². The minimum absolute atomic E-state index is 0.0406. The van der Waals surface area contributed by atoms with Crippen molar-refractivity contribution in [2.45, 2.75) is 30.4 Å². The number of Topliss-reactive ketones (excluding diaryl/α,β-unsaturated/α-hetero) is 1. The van der Waals surface area contributed by atoms with Gasteiger partial charge < -0.3 is 9.47 Å². The lowest BCUT2D eigenvalue weighted by Crippen LogP contribution is -2.63. The van der Waals surface area contributed by atoms with Gasteiger partial charge in [0, 0.05) is 34.4 Å². The number of hydrogen-bond acceptors (Lipinski definition) is 7. The molecule has 2 aromatic carbocycles. The third kappa shape index (κ3) is 3.35. The lowest BCUT2D eigenvalue weighted by molar-refractivity contribution is -0.160. The largest absolute Gasteiger partial charge is 0.464 e. The van der Waals surface area contributed by atoms with E-state index >= 15 is 0 Å². The first-order valence-electron chi connectivity index (χ1n) is 10.8. The van der Waals surface area contributed by atoms with Crippen molar-refractivity contribution in [2.24, 2.45) is 4.99 Å². The van der Waals surface area contributed by atoms with Gasteiger partial charge in [0.15, 0.2) is 12.2 Å². The molecule has 170 valence electrons. The van der Waals surface area contributed by atoms with Crippen LogP contribution in [0, 0.1) is 0 Å². The van der Waals surface area contributed by atoms with Crippen LogP contribution in [-0.4, -0.2) is 41.8 Å². The normalized spacial score (nSPS) is 28.5. The van der Waals surface area contributed by atoms with Crippen LogP contribution in [0.25, 0.3) is 0 Å². The summed E-state index contributed by atoms with van der Waals surface area (Å²) in [5.41, 5.74) is -0.896. The van der Waals surface area contributed by atoms with Crippen LogP contribution in [0.15, 0.2) is 69.4 Å². The third-order valence-electron chi connectivity index (χ3n) is 6.34. The molecular formula is C25H22ClNO4S2. The quantitative estimate of drug-likeness (QED) is 0.417. The number of thioether (sulfide) groups is 2. The molecule has 5 nitrogen and oxygen atoms in total. The number of fused-ring (bicyclic) bond motifs is 1. The van der Waals surface area contributed by atoms with Gasteiger partial charge in [-0.05, 0) is 24.6 Å². The van der Waals surface area contributed by atoms with Gasteiger partial charge in [-0.3, -0.25) is 4.79 Å². The fourth-order valence-electron chi connectivity index (χ4n) is 5.04. The van der Waals surface area contributed by atoms with E-state index in [1.807, 2.05) is 42.5 Å². The second-order valence-corrected chi connectivity index (χ2v) is 10.9. The average molecular weight is 500 g/mol. The number of ether oxygens (including phenoxy) is 2. The van der Waals surface area contributed by atoms with Crippen LogP contribution in [0.4, 0.5) is 0 Å². The lowest BCUT2D eigenvalue weighted by atomic mass is 9.57. The molecule has 2 fully saturated rings. The maximum absolute atomic E-state index is 13.9. The first-order valence-corrected chi connectivity index (χ1v) is 13.1. The van der Waals surface area contributed by atoms with Gasteiger partial charge in [0.1, 0.15) is 0 Å². The van der Waals surface area contributed by atoms with Crippen molar-refractivity contribution in [3.8, 4) is 0 Å². The molecule has 0 N–H and O–H groups in total. The molecule has 0 amide bonds. The molecule has 1 aliphatic carbocycles. The van der Waals surface area contributed by atoms with Crippen molar-refractivity contribution in [3.05, 3.63) is 80.6 Å². The van der Waals surface area contributed by atoms with E-state index in [2.05, 4.69) is 0 Å². The molecule has 0 radical (unpaired) electrons. The van der Waals surface area contributed by atoms with Gasteiger partial charge in [0.05, 0.1) is 16.4 Å². The van der Waals surface area contributed by atoms with Crippen molar-refractivity contribution in [3.63, 3.8) is 0 Å². The number of halogens is 1. The topological polar surface area (TPSA) is 65.0 Å². The highest BCUT2D eigenvalue weighted by molar-refractivity contribution is 8.25. The van der Waals surface area contributed by atoms with Crippen LogP contribution in [0.2, 0.25) is 5.02 Å². The molecule has 2 aromatic rings. The Kier molecular flexibility index (Phi) is 6.05. The Morgan fingerprint density at radius 2 is 1.85 bits per heavy atom. The SMILES string of the molecule is CCOC(=O)[C@@]12N=CO[C@]1(c1ccccc1)C(=C1SCCS1)C(=O)C[C@@H]2c1ccc(Cl)cc1. The number of benzene rings is 2. The minimum Gasteiger partial charge on any atom is -0.464 e. The molecule has 8 heteroatoms. The number of carbonyl (C=O) groups is 2. The molecule has 0 bridgehead atoms. The summed E-state index contributed by atoms with van der Waals surface area (Å²) < 4.78 is 12.9. The third-order valence-corrected chi connectivity index (χ3v) is 9.31. The van der Waals surface area contributed by atoms with E-state index < -0.39 is 23.0 Å². The Bertz CT molecular complexity index is 1140. The predicted molar refractivity (Wildman–Crippen MR) is 133 cm³/mol. The fraction of sp³-hybridized carbons (Fsp3) is 0.320. The van der Waals surface area contributed by atoms with Gasteiger partial charge in [0.25, 0.3) is 0 Å². The van der Waals surface area contributed by atoms with Gasteiger partial charge in [-0.2, -0.15) is 0 Å². The highest BCUT2D eigenvalue weighted by atomic mass is 35.5. The predicted octanol–water partition coefficient (Wildman–Crippen LogP) is 5.34. The minimum atomic E-state index is -1.49. The molecule has 1 saturated heterocycles. The summed E-state index contributed by atoms with van der Waals surface area (Å²) in [6.07, 6.45) is 1.45. The fourth-order valence-corrected chi connectivity index (χ4v) is 7.84. The number of ketones is 1. The summed E-state index contributed by atoms with van der Waals surface area (Å²) in [5.74, 6) is 0.675. The van der Waals surface area contributed by atoms with Crippen LogP contribution < -0.4 is 0 Å². The smallest absolute Gasteiger partial charge is 0.339 e. The van der Waals surface area contributed by atoms with Crippen molar-refractivity contribution in [2.75, 3.05) is 18.1 Å². The van der Waals surface area contributed by atoms with Crippen molar-refractivity contribution in [1.29, 1.82) is 0 Å². The molecule has 1 saturated carbocycles. The Labute approximate surface area is 206 Å². The molecule has 2 aliphatic heterocycles. The van der Waals surface area contributed by atoms with Crippen molar-refractivity contribution < 1.29 is 19.1 Å². The van der Waals surface area contributed by atoms with Gasteiger partial charge >= 0.3 is 5.97 Å². The van der Waals surface area contributed by atoms with E-state index in [0.29, 0.717) is 16.2 Å². The maximum atomic E-state index is 13.9. The van der Waals surface area contributed by atoms with Crippen LogP contribution in [0.1, 0.15) is 30.4 Å². The van der Waals surface area contributed by atoms with Crippen molar-refractivity contribution >= 4 is 53.3 Å². The zero-order valence-corrected chi connectivity index (χ0v) is 20.3. The van der Waals surface area contributed by atoms with E-state index in [0.717, 1.165) is 21.3 Å². The van der Waals surface area contributed by atoms with E-state index in [4.69, 9.17) is 26.1 Å². The first kappa shape index (κ1) is 22.6. The highest BCUT2D eigenvalue weighted by Gasteiger charge is 2.73. The Balaban J connectivity index is 1.84. The summed E-state index contributed by atoms with van der Waals surface area (Å²) in [4.78, 5) is 32.5. The monoisotopic (exact) mass is 499 g/mol. The first-order chi connectivity index (χ1) is 16.0. The maximum Gasteiger partial charge on any atom is 0.339 e. The summed E-state index contributed by atoms with van der Waals surface area (Å²) >= 11 is 9.41. The number of nitrogens with zero attached hydrogens (tertiary/aromatic N) is 1. The van der Waals surface area contributed by atoms with E-state index in [9.17, 15) is 9.59 Å². The lowest BCUT2D eigenvalue weighted by Gasteiger charge is -2.49. The number of carbonyl (C=O) groups excluding carboxylic acids is 2. The zero-order chi connectivity index (χ0) is 23.1. The number of hydrogen-bond donors (Lipinski definition) is 0. The molecule has 0 spiro atoms. The summed E-state index contributed by atoms with van der Waals surface area (Å²) in [6, 6.07) is 16.7. The molecule has 5 rings (SSSR count). The average Bonchev–Trinajstić information content (AvgIpc) is 3.49. The number of aliphatic imine (C=N–C) groups is 1. The second kappa shape index (κ2) is 8.85. The summed E-state index contributed by atoms with van der Waals surface area (Å²) in [6.45, 7) is 1.96. The highest BCUT2D eigenvalue weighted by Crippen LogP contribution is 2.62. The number of rotatable bonds is 4. The van der Waals surface area contributed by atoms with E-state index in [1.54, 1.807) is 42.6 Å². The van der Waals surface area contributed by atoms with Crippen molar-refractivity contribution in [1.82, 2.24) is 0 Å². The molecule has 3 aliphatic rings.